The summed E-state index contributed by atoms with van der Waals surface area (Å²) >= 11 is 0. The molecule has 0 aliphatic heterocycles. The summed E-state index contributed by atoms with van der Waals surface area (Å²) in [6.45, 7) is 19.9. The van der Waals surface area contributed by atoms with Crippen molar-refractivity contribution in [2.24, 2.45) is 5.92 Å². The predicted octanol–water partition coefficient (Wildman–Crippen LogP) is 5.30. The summed E-state index contributed by atoms with van der Waals surface area (Å²) in [5.41, 5.74) is 0.956. The summed E-state index contributed by atoms with van der Waals surface area (Å²) in [6.07, 6.45) is 2.65. The van der Waals surface area contributed by atoms with Crippen molar-refractivity contribution in [3.8, 4) is 0 Å². The van der Waals surface area contributed by atoms with Crippen LogP contribution in [0.15, 0.2) is 103 Å². The van der Waals surface area contributed by atoms with Gasteiger partial charge in [0.25, 0.3) is 0 Å². The van der Waals surface area contributed by atoms with Crippen LogP contribution in [0.4, 0.5) is 0 Å². The van der Waals surface area contributed by atoms with Crippen molar-refractivity contribution < 1.29 is 37.9 Å². The first-order valence-corrected chi connectivity index (χ1v) is 19.8. The second-order valence-electron chi connectivity index (χ2n) is 13.0. The van der Waals surface area contributed by atoms with Crippen molar-refractivity contribution in [1.82, 2.24) is 0 Å². The Labute approximate surface area is 274 Å². The van der Waals surface area contributed by atoms with Crippen molar-refractivity contribution in [2.75, 3.05) is 12.8 Å². The fraction of sp³-hybridized carbons (Fsp3) is 0.417. The molecule has 0 unspecified atom stereocenters. The number of halogens is 1. The van der Waals surface area contributed by atoms with Gasteiger partial charge in [0.05, 0.1) is 6.16 Å². The molecule has 0 fully saturated rings. The van der Waals surface area contributed by atoms with Crippen LogP contribution in [0.25, 0.3) is 0 Å². The molecule has 0 aliphatic carbocycles. The van der Waals surface area contributed by atoms with E-state index in [0.717, 1.165) is 24.6 Å². The molecule has 1 atom stereocenters. The molecule has 0 saturated carbocycles. The Morgan fingerprint density at radius 1 is 0.810 bits per heavy atom. The molecular weight excluding hydrogens is 666 g/mol. The van der Waals surface area contributed by atoms with E-state index in [9.17, 15) is 4.79 Å². The molecule has 0 amide bonds. The maximum Gasteiger partial charge on any atom is 0.334 e. The van der Waals surface area contributed by atoms with Crippen LogP contribution in [0.5, 0.6) is 0 Å². The van der Waals surface area contributed by atoms with E-state index in [0.29, 0.717) is 12.3 Å². The maximum atomic E-state index is 13.8. The van der Waals surface area contributed by atoms with E-state index >= 15 is 0 Å². The van der Waals surface area contributed by atoms with Crippen molar-refractivity contribution in [2.45, 2.75) is 78.1 Å². The zero-order valence-corrected chi connectivity index (χ0v) is 30.7. The second-order valence-corrected chi connectivity index (χ2v) is 21.4. The molecule has 42 heavy (non-hydrogen) atoms. The van der Waals surface area contributed by atoms with Gasteiger partial charge < -0.3 is 33.1 Å². The van der Waals surface area contributed by atoms with Crippen LogP contribution in [0.3, 0.4) is 0 Å². The van der Waals surface area contributed by atoms with Crippen molar-refractivity contribution in [3.05, 3.63) is 103 Å². The molecule has 3 rings (SSSR count). The number of ether oxygens (including phenoxy) is 1. The lowest BCUT2D eigenvalue weighted by molar-refractivity contribution is -0.151. The first kappa shape index (κ1) is 36.4. The number of carbonyl (C=O) groups excluding carboxylic acids is 1. The van der Waals surface area contributed by atoms with E-state index < -0.39 is 21.7 Å². The first-order valence-electron chi connectivity index (χ1n) is 14.9. The van der Waals surface area contributed by atoms with Gasteiger partial charge in [0.15, 0.2) is 8.32 Å². The highest BCUT2D eigenvalue weighted by Crippen LogP contribution is 2.56. The second kappa shape index (κ2) is 16.3. The van der Waals surface area contributed by atoms with Crippen LogP contribution in [-0.2, 0) is 14.0 Å². The third kappa shape index (κ3) is 9.61. The number of hydrogen-bond acceptors (Lipinski definition) is 3. The number of benzene rings is 3. The SMILES string of the molecule is C=C(CCC(C)C)COC(=O)[C@@H](CC[P+](c1ccccc1)(c1ccccc1)c1ccccc1)O[Si](C)(C)C(C)(C)C.[I-]. The maximum absolute atomic E-state index is 13.8. The Hall–Kier alpha value is -1.79. The number of hydrogen-bond donors (Lipinski definition) is 0. The molecule has 0 N–H and O–H groups in total. The fourth-order valence-electron chi connectivity index (χ4n) is 4.78. The summed E-state index contributed by atoms with van der Waals surface area (Å²) < 4.78 is 12.8. The van der Waals surface area contributed by atoms with Crippen LogP contribution < -0.4 is 39.9 Å². The third-order valence-corrected chi connectivity index (χ3v) is 17.3. The molecule has 0 bridgehead atoms. The van der Waals surface area contributed by atoms with Crippen LogP contribution in [0.2, 0.25) is 18.1 Å². The molecule has 0 spiro atoms. The molecule has 0 radical (unpaired) electrons. The molecule has 0 aromatic heterocycles. The highest BCUT2D eigenvalue weighted by Gasteiger charge is 2.47. The quantitative estimate of drug-likeness (QED) is 0.0748. The number of rotatable bonds is 14. The normalized spacial score (nSPS) is 12.9. The summed E-state index contributed by atoms with van der Waals surface area (Å²) in [5.74, 6) is 0.316. The molecule has 0 saturated heterocycles. The Kier molecular flexibility index (Phi) is 14.1. The summed E-state index contributed by atoms with van der Waals surface area (Å²) in [7, 11) is -4.36. The molecule has 0 aliphatic rings. The molecular formula is C36H50IO3PSi. The van der Waals surface area contributed by atoms with Gasteiger partial charge in [-0.1, -0.05) is 95.8 Å². The Balaban J connectivity index is 0.00000616. The lowest BCUT2D eigenvalue weighted by Gasteiger charge is -2.39. The monoisotopic (exact) mass is 716 g/mol. The van der Waals surface area contributed by atoms with E-state index in [-0.39, 0.29) is 41.6 Å². The van der Waals surface area contributed by atoms with Gasteiger partial charge in [0.1, 0.15) is 35.9 Å². The van der Waals surface area contributed by atoms with Gasteiger partial charge in [-0.15, -0.1) is 0 Å². The minimum atomic E-state index is -2.26. The van der Waals surface area contributed by atoms with E-state index in [1.54, 1.807) is 0 Å². The highest BCUT2D eigenvalue weighted by molar-refractivity contribution is 7.95. The smallest absolute Gasteiger partial charge is 0.334 e. The summed E-state index contributed by atoms with van der Waals surface area (Å²) in [4.78, 5) is 13.8. The predicted molar refractivity (Wildman–Crippen MR) is 181 cm³/mol. The fourth-order valence-corrected chi connectivity index (χ4v) is 10.4. The lowest BCUT2D eigenvalue weighted by Crippen LogP contribution is -3.00. The Bertz CT molecular complexity index is 1140. The topological polar surface area (TPSA) is 35.5 Å². The molecule has 6 heteroatoms. The van der Waals surface area contributed by atoms with Crippen LogP contribution in [0, 0.1) is 5.92 Å². The molecule has 228 valence electrons. The van der Waals surface area contributed by atoms with E-state index in [1.165, 1.54) is 15.9 Å². The summed E-state index contributed by atoms with van der Waals surface area (Å²) in [5, 5.41) is 3.88. The lowest BCUT2D eigenvalue weighted by atomic mass is 10.0. The van der Waals surface area contributed by atoms with Crippen molar-refractivity contribution in [1.29, 1.82) is 0 Å². The van der Waals surface area contributed by atoms with Gasteiger partial charge in [-0.25, -0.2) is 4.79 Å². The Morgan fingerprint density at radius 3 is 1.62 bits per heavy atom. The zero-order valence-electron chi connectivity index (χ0n) is 26.6. The standard InChI is InChI=1S/C36H50O3PSi.HI/c1-29(2)24-25-30(3)28-38-35(37)34(39-41(7,8)36(4,5)6)26-27-40(31-18-12-9-13-19-31,32-20-14-10-15-21-32)33-22-16-11-17-23-33;/h9-23,29,34H,3,24-28H2,1-2,4-8H3;1H/q+1;/p-1/t34-;/m1./s1. The largest absolute Gasteiger partial charge is 1.00 e. The Morgan fingerprint density at radius 2 is 1.24 bits per heavy atom. The number of carbonyl (C=O) groups is 1. The van der Waals surface area contributed by atoms with Crippen LogP contribution in [-0.4, -0.2) is 33.2 Å². The van der Waals surface area contributed by atoms with Gasteiger partial charge in [0.2, 0.25) is 0 Å². The van der Waals surface area contributed by atoms with Gasteiger partial charge in [-0.05, 0) is 78.9 Å². The molecule has 3 nitrogen and oxygen atoms in total. The van der Waals surface area contributed by atoms with Gasteiger partial charge in [-0.2, -0.15) is 0 Å². The average molecular weight is 717 g/mol. The van der Waals surface area contributed by atoms with E-state index in [1.807, 2.05) is 0 Å². The van der Waals surface area contributed by atoms with Crippen molar-refractivity contribution >= 4 is 37.5 Å². The molecule has 0 heterocycles. The van der Waals surface area contributed by atoms with Crippen LogP contribution in [0.1, 0.15) is 53.9 Å². The number of esters is 1. The molecule has 3 aromatic carbocycles. The average Bonchev–Trinajstić information content (AvgIpc) is 2.95. The minimum Gasteiger partial charge on any atom is -1.00 e. The van der Waals surface area contributed by atoms with Gasteiger partial charge >= 0.3 is 5.97 Å². The van der Waals surface area contributed by atoms with E-state index in [2.05, 4.69) is 145 Å². The van der Waals surface area contributed by atoms with E-state index in [4.69, 9.17) is 9.16 Å². The van der Waals surface area contributed by atoms with Gasteiger partial charge in [0, 0.05) is 6.42 Å². The van der Waals surface area contributed by atoms with Crippen molar-refractivity contribution in [3.63, 3.8) is 0 Å². The minimum absolute atomic E-state index is 0. The molecule has 3 aromatic rings. The first-order chi connectivity index (χ1) is 19.4. The third-order valence-electron chi connectivity index (χ3n) is 8.32. The zero-order chi connectivity index (χ0) is 30.1. The van der Waals surface area contributed by atoms with Gasteiger partial charge in [-0.3, -0.25) is 0 Å². The summed E-state index contributed by atoms with van der Waals surface area (Å²) in [6, 6.07) is 32.4. The van der Waals surface area contributed by atoms with Crippen LogP contribution >= 0.6 is 7.26 Å². The highest BCUT2D eigenvalue weighted by atomic mass is 127.